The number of aryl methyl sites for hydroxylation is 1. The van der Waals surface area contributed by atoms with E-state index in [1.54, 1.807) is 0 Å². The minimum absolute atomic E-state index is 0.00760. The smallest absolute Gasteiger partial charge is 0.228 e. The number of piperidine rings is 1. The van der Waals surface area contributed by atoms with Gasteiger partial charge in [-0.15, -0.1) is 0 Å². The predicted octanol–water partition coefficient (Wildman–Crippen LogP) is 2.30. The molecule has 0 bridgehead atoms. The minimum atomic E-state index is -0.0638. The Morgan fingerprint density at radius 1 is 1.08 bits per heavy atom. The van der Waals surface area contributed by atoms with E-state index in [1.807, 2.05) is 22.8 Å². The highest BCUT2D eigenvalue weighted by Gasteiger charge is 2.40. The van der Waals surface area contributed by atoms with Crippen molar-refractivity contribution in [3.8, 4) is 0 Å². The molecule has 2 saturated heterocycles. The molecule has 130 valence electrons. The molecule has 2 amide bonds. The van der Waals surface area contributed by atoms with E-state index in [0.717, 1.165) is 63.1 Å². The Labute approximate surface area is 142 Å². The molecule has 0 unspecified atom stereocenters. The Hall–Kier alpha value is -1.85. The number of aromatic nitrogens is 1. The highest BCUT2D eigenvalue weighted by atomic mass is 16.5. The molecule has 3 aliphatic rings. The van der Waals surface area contributed by atoms with Crippen LogP contribution < -0.4 is 0 Å². The number of hydrogen-bond acceptors (Lipinski definition) is 4. The number of amides is 2. The summed E-state index contributed by atoms with van der Waals surface area (Å²) in [6.45, 7) is 4.07. The van der Waals surface area contributed by atoms with Gasteiger partial charge in [0.2, 0.25) is 11.8 Å². The fraction of sp³-hybridized carbons (Fsp3) is 0.722. The Morgan fingerprint density at radius 3 is 2.58 bits per heavy atom. The van der Waals surface area contributed by atoms with Gasteiger partial charge in [0, 0.05) is 31.6 Å². The second kappa shape index (κ2) is 6.22. The summed E-state index contributed by atoms with van der Waals surface area (Å²) in [7, 11) is 0. The number of likely N-dealkylation sites (tertiary alicyclic amines) is 2. The van der Waals surface area contributed by atoms with Crippen LogP contribution in [0.3, 0.4) is 0 Å². The monoisotopic (exact) mass is 331 g/mol. The summed E-state index contributed by atoms with van der Waals surface area (Å²) in [4.78, 5) is 29.3. The molecule has 3 heterocycles. The van der Waals surface area contributed by atoms with Crippen LogP contribution in [-0.4, -0.2) is 46.4 Å². The zero-order valence-electron chi connectivity index (χ0n) is 14.2. The summed E-state index contributed by atoms with van der Waals surface area (Å²) in [5.41, 5.74) is 0.850. The first kappa shape index (κ1) is 15.7. The summed E-state index contributed by atoms with van der Waals surface area (Å²) in [6.07, 6.45) is 5.77. The maximum Gasteiger partial charge on any atom is 0.228 e. The minimum Gasteiger partial charge on any atom is -0.359 e. The van der Waals surface area contributed by atoms with Gasteiger partial charge in [-0.3, -0.25) is 9.59 Å². The quantitative estimate of drug-likeness (QED) is 0.852. The van der Waals surface area contributed by atoms with Crippen LogP contribution in [0.25, 0.3) is 0 Å². The van der Waals surface area contributed by atoms with Crippen LogP contribution in [0, 0.1) is 18.8 Å². The highest BCUT2D eigenvalue weighted by molar-refractivity contribution is 5.84. The maximum atomic E-state index is 13.1. The van der Waals surface area contributed by atoms with E-state index in [0.29, 0.717) is 6.54 Å². The van der Waals surface area contributed by atoms with E-state index in [9.17, 15) is 9.59 Å². The van der Waals surface area contributed by atoms with Crippen molar-refractivity contribution in [3.05, 3.63) is 17.5 Å². The summed E-state index contributed by atoms with van der Waals surface area (Å²) in [5, 5.41) is 3.96. The van der Waals surface area contributed by atoms with E-state index in [4.69, 9.17) is 4.52 Å². The maximum absolute atomic E-state index is 13.1. The molecule has 1 aromatic rings. The van der Waals surface area contributed by atoms with E-state index in [2.05, 4.69) is 5.16 Å². The van der Waals surface area contributed by atoms with Gasteiger partial charge in [0.1, 0.15) is 0 Å². The second-order valence-electron chi connectivity index (χ2n) is 7.46. The third-order valence-corrected chi connectivity index (χ3v) is 5.52. The average molecular weight is 331 g/mol. The van der Waals surface area contributed by atoms with E-state index in [-0.39, 0.29) is 29.7 Å². The van der Waals surface area contributed by atoms with Crippen molar-refractivity contribution in [2.45, 2.75) is 51.5 Å². The van der Waals surface area contributed by atoms with Gasteiger partial charge >= 0.3 is 0 Å². The summed E-state index contributed by atoms with van der Waals surface area (Å²) in [6, 6.07) is 1.94. The Morgan fingerprint density at radius 2 is 1.88 bits per heavy atom. The molecule has 0 spiro atoms. The third-order valence-electron chi connectivity index (χ3n) is 5.52. The first-order valence-corrected chi connectivity index (χ1v) is 9.16. The lowest BCUT2D eigenvalue weighted by molar-refractivity contribution is -0.142. The lowest BCUT2D eigenvalue weighted by Gasteiger charge is -2.35. The molecule has 4 rings (SSSR count). The number of hydrogen-bond donors (Lipinski definition) is 0. The molecular weight excluding hydrogens is 306 g/mol. The molecule has 1 aromatic heterocycles. The van der Waals surface area contributed by atoms with Crippen molar-refractivity contribution in [1.29, 1.82) is 0 Å². The van der Waals surface area contributed by atoms with Gasteiger partial charge in [-0.1, -0.05) is 5.16 Å². The molecule has 3 fully saturated rings. The molecule has 0 N–H and O–H groups in total. The highest BCUT2D eigenvalue weighted by Crippen LogP contribution is 2.36. The lowest BCUT2D eigenvalue weighted by Crippen LogP contribution is -2.47. The Balaban J connectivity index is 1.44. The zero-order chi connectivity index (χ0) is 16.7. The molecule has 2 aliphatic heterocycles. The standard InChI is InChI=1S/C18H25N3O3/c1-12-10-16(24-19-12)15-5-3-9-21(15)18(23)14-4-2-8-20(11-14)17(22)13-6-7-13/h10,13-15H,2-9,11H2,1H3/t14-,15+/m0/s1. The number of carbonyl (C=O) groups excluding carboxylic acids is 2. The fourth-order valence-electron chi connectivity index (χ4n) is 4.07. The van der Waals surface area contributed by atoms with Gasteiger partial charge in [-0.2, -0.15) is 0 Å². The van der Waals surface area contributed by atoms with Crippen LogP contribution >= 0.6 is 0 Å². The molecule has 1 aliphatic carbocycles. The normalized spacial score (nSPS) is 27.5. The average Bonchev–Trinajstić information content (AvgIpc) is 3.18. The van der Waals surface area contributed by atoms with Gasteiger partial charge in [-0.25, -0.2) is 0 Å². The van der Waals surface area contributed by atoms with Crippen molar-refractivity contribution in [1.82, 2.24) is 15.0 Å². The Bertz CT molecular complexity index is 637. The number of rotatable bonds is 3. The van der Waals surface area contributed by atoms with E-state index < -0.39 is 0 Å². The van der Waals surface area contributed by atoms with E-state index >= 15 is 0 Å². The first-order valence-electron chi connectivity index (χ1n) is 9.16. The van der Waals surface area contributed by atoms with Crippen molar-refractivity contribution in [2.24, 2.45) is 11.8 Å². The van der Waals surface area contributed by atoms with Crippen LogP contribution in [0.15, 0.2) is 10.6 Å². The fourth-order valence-corrected chi connectivity index (χ4v) is 4.07. The van der Waals surface area contributed by atoms with Crippen molar-refractivity contribution in [3.63, 3.8) is 0 Å². The van der Waals surface area contributed by atoms with Crippen LogP contribution in [0.2, 0.25) is 0 Å². The predicted molar refractivity (Wildman–Crippen MR) is 87.0 cm³/mol. The van der Waals surface area contributed by atoms with Crippen molar-refractivity contribution < 1.29 is 14.1 Å². The third kappa shape index (κ3) is 2.94. The molecule has 1 saturated carbocycles. The molecular formula is C18H25N3O3. The number of nitrogens with zero attached hydrogens (tertiary/aromatic N) is 3. The summed E-state index contributed by atoms with van der Waals surface area (Å²) < 4.78 is 5.41. The van der Waals surface area contributed by atoms with Gasteiger partial charge < -0.3 is 14.3 Å². The Kier molecular flexibility index (Phi) is 4.06. The van der Waals surface area contributed by atoms with Crippen LogP contribution in [0.4, 0.5) is 0 Å². The lowest BCUT2D eigenvalue weighted by atomic mass is 9.95. The van der Waals surface area contributed by atoms with Crippen molar-refractivity contribution in [2.75, 3.05) is 19.6 Å². The molecule has 24 heavy (non-hydrogen) atoms. The van der Waals surface area contributed by atoms with Gasteiger partial charge in [0.25, 0.3) is 0 Å². The zero-order valence-corrected chi connectivity index (χ0v) is 14.2. The van der Waals surface area contributed by atoms with Crippen LogP contribution in [-0.2, 0) is 9.59 Å². The molecule has 0 aromatic carbocycles. The van der Waals surface area contributed by atoms with Gasteiger partial charge in [0.15, 0.2) is 5.76 Å². The largest absolute Gasteiger partial charge is 0.359 e. The second-order valence-corrected chi connectivity index (χ2v) is 7.46. The van der Waals surface area contributed by atoms with Crippen molar-refractivity contribution >= 4 is 11.8 Å². The summed E-state index contributed by atoms with van der Waals surface area (Å²) >= 11 is 0. The molecule has 6 heteroatoms. The number of carbonyl (C=O) groups is 2. The first-order chi connectivity index (χ1) is 11.6. The van der Waals surface area contributed by atoms with E-state index in [1.165, 1.54) is 0 Å². The van der Waals surface area contributed by atoms with Crippen LogP contribution in [0.5, 0.6) is 0 Å². The summed E-state index contributed by atoms with van der Waals surface area (Å²) in [5.74, 6) is 1.40. The molecule has 2 atom stereocenters. The SMILES string of the molecule is Cc1cc([C@H]2CCCN2C(=O)[C@H]2CCCN(C(=O)C3CC3)C2)on1. The van der Waals surface area contributed by atoms with Gasteiger partial charge in [-0.05, 0) is 45.4 Å². The van der Waals surface area contributed by atoms with Gasteiger partial charge in [0.05, 0.1) is 17.7 Å². The molecule has 0 radical (unpaired) electrons. The topological polar surface area (TPSA) is 66.7 Å². The van der Waals surface area contributed by atoms with Crippen LogP contribution in [0.1, 0.15) is 56.0 Å². The molecule has 6 nitrogen and oxygen atoms in total.